The maximum Gasteiger partial charge on any atom is 0.394 e. The minimum atomic E-state index is -4.67. The average Bonchev–Trinajstić information content (AvgIpc) is 1.12. The Morgan fingerprint density at radius 1 is 0.389 bits per heavy atom. The second kappa shape index (κ2) is 29.9. The van der Waals surface area contributed by atoms with Crippen LogP contribution in [0.2, 0.25) is 0 Å². The van der Waals surface area contributed by atoms with E-state index in [-0.39, 0.29) is 43.8 Å². The second-order valence-electron chi connectivity index (χ2n) is 0.896. The minimum absolute atomic E-state index is 0. The zero-order valence-corrected chi connectivity index (χ0v) is 9.87. The lowest BCUT2D eigenvalue weighted by Crippen LogP contribution is -1.89. The molecule has 0 aliphatic carbocycles. The fourth-order valence-corrected chi connectivity index (χ4v) is 0. The summed E-state index contributed by atoms with van der Waals surface area (Å²) >= 11 is 0. The van der Waals surface area contributed by atoms with E-state index >= 15 is 0 Å². The molecule has 0 amide bonds. The summed E-state index contributed by atoms with van der Waals surface area (Å²) in [5, 5.41) is 0. The predicted molar refractivity (Wildman–Crippen MR) is 57.3 cm³/mol. The Kier molecular flexibility index (Phi) is 142. The molecule has 0 aromatic rings. The largest absolute Gasteiger partial charge is 0.412 e. The third kappa shape index (κ3) is 9530. The van der Waals surface area contributed by atoms with Gasteiger partial charge in [0.1, 0.15) is 0 Å². The highest BCUT2D eigenvalue weighted by Gasteiger charge is 1.85. The van der Waals surface area contributed by atoms with Crippen LogP contribution < -0.4 is 0 Å². The van der Waals surface area contributed by atoms with Crippen molar-refractivity contribution in [3.8, 4) is 0 Å². The van der Waals surface area contributed by atoms with E-state index in [2.05, 4.69) is 0 Å². The molecule has 128 valence electrons. The second-order valence-corrected chi connectivity index (χ2v) is 2.69. The smallest absolute Gasteiger partial charge is 0.394 e. The van der Waals surface area contributed by atoms with Gasteiger partial charge in [0.05, 0.1) is 0 Å². The Morgan fingerprint density at radius 2 is 0.389 bits per heavy atom. The molecule has 0 bridgehead atoms. The van der Waals surface area contributed by atoms with Crippen LogP contribution in [0.25, 0.3) is 0 Å². The number of hydrogen-bond donors (Lipinski definition) is 4. The van der Waals surface area contributed by atoms with Crippen LogP contribution in [-0.4, -0.2) is 78.9 Å². The van der Waals surface area contributed by atoms with E-state index in [1.165, 1.54) is 0 Å². The van der Waals surface area contributed by atoms with Crippen LogP contribution in [0.1, 0.15) is 0 Å². The summed E-state index contributed by atoms with van der Waals surface area (Å²) in [4.78, 5) is 0. The first-order chi connectivity index (χ1) is 4.00. The van der Waals surface area contributed by atoms with Crippen LogP contribution in [0.5, 0.6) is 0 Å². The van der Waals surface area contributed by atoms with E-state index in [9.17, 15) is 0 Å². The van der Waals surface area contributed by atoms with Gasteiger partial charge in [-0.05, 0) is 0 Å². The summed E-state index contributed by atoms with van der Waals surface area (Å²) in [7, 11) is -9.33. The van der Waals surface area contributed by atoms with Gasteiger partial charge in [0.2, 0.25) is 0 Å². The molecule has 0 unspecified atom stereocenters. The van der Waals surface area contributed by atoms with Gasteiger partial charge >= 0.3 is 20.8 Å². The van der Waals surface area contributed by atoms with E-state index in [4.69, 9.17) is 35.0 Å². The topological polar surface area (TPSA) is 401 Å². The average molecular weight is 340 g/mol. The lowest BCUT2D eigenvalue weighted by Gasteiger charge is -1.68. The van der Waals surface area contributed by atoms with Gasteiger partial charge in [-0.25, -0.2) is 0 Å². The standard InChI is InChI=1S/2H2O4S.8H2O/c2*1-5(2,3)4;;;;;;;;/h2*(H2,1,2,3,4);8*1H2. The predicted octanol–water partition coefficient (Wildman–Crippen LogP) is -7.90. The molecule has 0 aliphatic rings. The third-order valence-electron chi connectivity index (χ3n) is 0. The van der Waals surface area contributed by atoms with Gasteiger partial charge in [-0.15, -0.1) is 0 Å². The van der Waals surface area contributed by atoms with Gasteiger partial charge in [-0.2, -0.15) is 16.8 Å². The molecule has 18 heteroatoms. The maximum atomic E-state index is 8.74. The lowest BCUT2D eigenvalue weighted by molar-refractivity contribution is 0.378. The van der Waals surface area contributed by atoms with E-state index < -0.39 is 20.8 Å². The third-order valence-corrected chi connectivity index (χ3v) is 0. The van der Waals surface area contributed by atoms with Crippen molar-refractivity contribution < 1.29 is 78.9 Å². The molecule has 0 aromatic heterocycles. The molecule has 0 radical (unpaired) electrons. The van der Waals surface area contributed by atoms with Crippen LogP contribution in [-0.2, 0) is 20.8 Å². The van der Waals surface area contributed by atoms with Gasteiger partial charge in [0, 0.05) is 0 Å². The van der Waals surface area contributed by atoms with E-state index in [0.717, 1.165) is 0 Å². The Morgan fingerprint density at radius 3 is 0.389 bits per heavy atom. The van der Waals surface area contributed by atoms with E-state index in [1.807, 2.05) is 0 Å². The van der Waals surface area contributed by atoms with Crippen LogP contribution in [0, 0.1) is 0 Å². The Balaban J connectivity index is -0.00000000615. The molecule has 16 nitrogen and oxygen atoms in total. The maximum absolute atomic E-state index is 8.74. The van der Waals surface area contributed by atoms with Crippen molar-refractivity contribution in [2.24, 2.45) is 0 Å². The van der Waals surface area contributed by atoms with Crippen molar-refractivity contribution >= 4 is 20.8 Å². The molecule has 0 rings (SSSR count). The fourth-order valence-electron chi connectivity index (χ4n) is 0. The molecule has 0 fully saturated rings. The number of hydrogen-bond acceptors (Lipinski definition) is 4. The molecule has 0 saturated heterocycles. The van der Waals surface area contributed by atoms with Gasteiger partial charge < -0.3 is 43.8 Å². The summed E-state index contributed by atoms with van der Waals surface area (Å²) in [5.41, 5.74) is 0. The summed E-state index contributed by atoms with van der Waals surface area (Å²) in [6, 6.07) is 0. The zero-order chi connectivity index (χ0) is 9.00. The van der Waals surface area contributed by atoms with Crippen molar-refractivity contribution in [3.05, 3.63) is 0 Å². The summed E-state index contributed by atoms with van der Waals surface area (Å²) < 4.78 is 63.2. The molecular formula is H20O16S2. The van der Waals surface area contributed by atoms with E-state index in [0.29, 0.717) is 0 Å². The van der Waals surface area contributed by atoms with Gasteiger partial charge in [-0.1, -0.05) is 0 Å². The highest BCUT2D eigenvalue weighted by molar-refractivity contribution is 7.80. The Labute approximate surface area is 100 Å². The minimum Gasteiger partial charge on any atom is -0.412 e. The van der Waals surface area contributed by atoms with E-state index in [1.54, 1.807) is 0 Å². The summed E-state index contributed by atoms with van der Waals surface area (Å²) in [5.74, 6) is 0. The molecule has 18 heavy (non-hydrogen) atoms. The highest BCUT2D eigenvalue weighted by Crippen LogP contribution is 1.59. The normalized spacial score (nSPS) is 6.44. The first-order valence-electron chi connectivity index (χ1n) is 1.40. The SMILES string of the molecule is O.O.O.O.O.O.O.O.O=S(=O)(O)O.O=S(=O)(O)O. The molecule has 0 aliphatic heterocycles. The molecular weight excluding hydrogens is 320 g/mol. The molecule has 0 heterocycles. The fraction of sp³-hybridized carbons (Fsp3) is 0. The van der Waals surface area contributed by atoms with Gasteiger partial charge in [0.25, 0.3) is 0 Å². The molecule has 0 saturated carbocycles. The van der Waals surface area contributed by atoms with Crippen molar-refractivity contribution in [2.75, 3.05) is 0 Å². The Bertz CT molecular complexity index is 205. The summed E-state index contributed by atoms with van der Waals surface area (Å²) in [6.07, 6.45) is 0. The molecule has 0 spiro atoms. The highest BCUT2D eigenvalue weighted by atomic mass is 32.3. The zero-order valence-electron chi connectivity index (χ0n) is 8.24. The number of rotatable bonds is 0. The quantitative estimate of drug-likeness (QED) is 0.305. The Hall–Kier alpha value is -0.580. The van der Waals surface area contributed by atoms with Gasteiger partial charge in [-0.3, -0.25) is 18.2 Å². The van der Waals surface area contributed by atoms with Crippen molar-refractivity contribution in [1.29, 1.82) is 0 Å². The molecule has 0 aromatic carbocycles. The van der Waals surface area contributed by atoms with Crippen LogP contribution in [0.4, 0.5) is 0 Å². The summed E-state index contributed by atoms with van der Waals surface area (Å²) in [6.45, 7) is 0. The molecule has 20 N–H and O–H groups in total. The van der Waals surface area contributed by atoms with Crippen molar-refractivity contribution in [3.63, 3.8) is 0 Å². The van der Waals surface area contributed by atoms with Gasteiger partial charge in [0.15, 0.2) is 0 Å². The van der Waals surface area contributed by atoms with Crippen molar-refractivity contribution in [1.82, 2.24) is 0 Å². The van der Waals surface area contributed by atoms with Crippen LogP contribution in [0.3, 0.4) is 0 Å². The van der Waals surface area contributed by atoms with Crippen LogP contribution in [0.15, 0.2) is 0 Å². The van der Waals surface area contributed by atoms with Crippen LogP contribution >= 0.6 is 0 Å². The van der Waals surface area contributed by atoms with Crippen molar-refractivity contribution in [2.45, 2.75) is 0 Å². The first kappa shape index (κ1) is 85.3. The lowest BCUT2D eigenvalue weighted by atomic mass is 15.8. The first-order valence-corrected chi connectivity index (χ1v) is 4.19. The monoisotopic (exact) mass is 340 g/mol. The molecule has 0 atom stereocenters.